The normalized spacial score (nSPS) is 10.1. The predicted molar refractivity (Wildman–Crippen MR) is 58.8 cm³/mol. The predicted octanol–water partition coefficient (Wildman–Crippen LogP) is 2.96. The van der Waals surface area contributed by atoms with Crippen LogP contribution in [0.15, 0.2) is 43.1 Å². The van der Waals surface area contributed by atoms with Gasteiger partial charge in [-0.15, -0.1) is 0 Å². The Hall–Kier alpha value is -1.83. The topological polar surface area (TPSA) is 17.8 Å². The zero-order valence-electron chi connectivity index (χ0n) is 8.14. The van der Waals surface area contributed by atoms with E-state index in [1.165, 1.54) is 0 Å². The summed E-state index contributed by atoms with van der Waals surface area (Å²) >= 11 is 0. The van der Waals surface area contributed by atoms with Gasteiger partial charge in [-0.25, -0.2) is 0 Å². The van der Waals surface area contributed by atoms with Crippen molar-refractivity contribution in [2.45, 2.75) is 6.92 Å². The first-order valence-electron chi connectivity index (χ1n) is 4.54. The molecule has 0 N–H and O–H groups in total. The Labute approximate surface area is 83.5 Å². The fraction of sp³-hybridized carbons (Fsp3) is 0.0833. The Morgan fingerprint density at radius 1 is 1.29 bits per heavy atom. The van der Waals surface area contributed by atoms with Crippen molar-refractivity contribution in [2.24, 2.45) is 0 Å². The van der Waals surface area contributed by atoms with Gasteiger partial charge in [-0.3, -0.25) is 4.98 Å². The first kappa shape index (κ1) is 8.75. The summed E-state index contributed by atoms with van der Waals surface area (Å²) in [7, 11) is 0. The molecule has 2 nitrogen and oxygen atoms in total. The first-order chi connectivity index (χ1) is 6.81. The number of aromatic nitrogens is 2. The maximum atomic E-state index is 4.46. The number of hydrogen-bond donors (Lipinski definition) is 0. The summed E-state index contributed by atoms with van der Waals surface area (Å²) in [6.07, 6.45) is 3.74. The van der Waals surface area contributed by atoms with Crippen LogP contribution in [0.25, 0.3) is 17.6 Å². The molecule has 0 aromatic carbocycles. The largest absolute Gasteiger partial charge is 0.323 e. The molecule has 0 amide bonds. The van der Waals surface area contributed by atoms with Gasteiger partial charge in [0.15, 0.2) is 0 Å². The third-order valence-electron chi connectivity index (χ3n) is 2.13. The van der Waals surface area contributed by atoms with Crippen LogP contribution >= 0.6 is 0 Å². The highest BCUT2D eigenvalue weighted by Crippen LogP contribution is 2.17. The lowest BCUT2D eigenvalue weighted by Crippen LogP contribution is -1.91. The van der Waals surface area contributed by atoms with Crippen LogP contribution in [-0.2, 0) is 0 Å². The van der Waals surface area contributed by atoms with E-state index in [0.717, 1.165) is 17.1 Å². The number of aryl methyl sites for hydroxylation is 1. The second-order valence-electron chi connectivity index (χ2n) is 3.15. The van der Waals surface area contributed by atoms with Crippen molar-refractivity contribution in [3.63, 3.8) is 0 Å². The average molecular weight is 184 g/mol. The number of pyridine rings is 1. The summed E-state index contributed by atoms with van der Waals surface area (Å²) in [5.41, 5.74) is 3.08. The van der Waals surface area contributed by atoms with Gasteiger partial charge in [-0.2, -0.15) is 0 Å². The van der Waals surface area contributed by atoms with Gasteiger partial charge in [0.25, 0.3) is 0 Å². The summed E-state index contributed by atoms with van der Waals surface area (Å²) in [6.45, 7) is 5.74. The van der Waals surface area contributed by atoms with Crippen molar-refractivity contribution in [1.82, 2.24) is 9.55 Å². The quantitative estimate of drug-likeness (QED) is 0.701. The van der Waals surface area contributed by atoms with Gasteiger partial charge in [0, 0.05) is 18.1 Å². The monoisotopic (exact) mass is 184 g/mol. The molecule has 0 aliphatic rings. The molecule has 0 aliphatic carbocycles. The van der Waals surface area contributed by atoms with E-state index in [0.29, 0.717) is 0 Å². The summed E-state index contributed by atoms with van der Waals surface area (Å²) in [6, 6.07) is 10.0. The highest BCUT2D eigenvalue weighted by molar-refractivity contribution is 5.58. The van der Waals surface area contributed by atoms with Gasteiger partial charge in [-0.1, -0.05) is 12.6 Å². The molecule has 2 heterocycles. The molecule has 2 aromatic heterocycles. The van der Waals surface area contributed by atoms with Crippen LogP contribution in [0, 0.1) is 6.92 Å². The number of rotatable bonds is 2. The molecule has 0 unspecified atom stereocenters. The second kappa shape index (κ2) is 3.50. The SMILES string of the molecule is C=Cn1cccc1-c1cccc(C)n1. The lowest BCUT2D eigenvalue weighted by atomic mass is 10.2. The van der Waals surface area contributed by atoms with Crippen molar-refractivity contribution < 1.29 is 0 Å². The fourth-order valence-electron chi connectivity index (χ4n) is 1.46. The number of nitrogens with zero attached hydrogens (tertiary/aromatic N) is 2. The third kappa shape index (κ3) is 1.46. The highest BCUT2D eigenvalue weighted by atomic mass is 15.0. The molecule has 0 atom stereocenters. The Balaban J connectivity index is 2.54. The molecular formula is C12H12N2. The van der Waals surface area contributed by atoms with Crippen molar-refractivity contribution in [3.05, 3.63) is 48.8 Å². The fourth-order valence-corrected chi connectivity index (χ4v) is 1.46. The minimum absolute atomic E-state index is 0.981. The van der Waals surface area contributed by atoms with Crippen LogP contribution in [-0.4, -0.2) is 9.55 Å². The zero-order chi connectivity index (χ0) is 9.97. The Morgan fingerprint density at radius 3 is 2.86 bits per heavy atom. The van der Waals surface area contributed by atoms with E-state index < -0.39 is 0 Å². The van der Waals surface area contributed by atoms with Crippen LogP contribution in [0.1, 0.15) is 5.69 Å². The zero-order valence-corrected chi connectivity index (χ0v) is 8.14. The highest BCUT2D eigenvalue weighted by Gasteiger charge is 2.02. The van der Waals surface area contributed by atoms with Crippen LogP contribution in [0.5, 0.6) is 0 Å². The molecule has 0 saturated heterocycles. The smallest absolute Gasteiger partial charge is 0.0872 e. The molecule has 2 rings (SSSR count). The third-order valence-corrected chi connectivity index (χ3v) is 2.13. The van der Waals surface area contributed by atoms with Gasteiger partial charge in [0.05, 0.1) is 11.4 Å². The van der Waals surface area contributed by atoms with Gasteiger partial charge in [0.1, 0.15) is 0 Å². The number of hydrogen-bond acceptors (Lipinski definition) is 1. The van der Waals surface area contributed by atoms with Crippen molar-refractivity contribution >= 4 is 6.20 Å². The molecule has 0 saturated carbocycles. The summed E-state index contributed by atoms with van der Waals surface area (Å²) in [5, 5.41) is 0. The molecule has 0 fully saturated rings. The Kier molecular flexibility index (Phi) is 2.19. The summed E-state index contributed by atoms with van der Waals surface area (Å²) < 4.78 is 1.96. The Morgan fingerprint density at radius 2 is 2.14 bits per heavy atom. The van der Waals surface area contributed by atoms with Gasteiger partial charge in [0.2, 0.25) is 0 Å². The van der Waals surface area contributed by atoms with E-state index in [4.69, 9.17) is 0 Å². The summed E-state index contributed by atoms with van der Waals surface area (Å²) in [5.74, 6) is 0. The van der Waals surface area contributed by atoms with Gasteiger partial charge < -0.3 is 4.57 Å². The maximum Gasteiger partial charge on any atom is 0.0872 e. The van der Waals surface area contributed by atoms with Crippen LogP contribution < -0.4 is 0 Å². The van der Waals surface area contributed by atoms with Crippen LogP contribution in [0.4, 0.5) is 0 Å². The van der Waals surface area contributed by atoms with Crippen LogP contribution in [0.2, 0.25) is 0 Å². The maximum absolute atomic E-state index is 4.46. The van der Waals surface area contributed by atoms with Crippen molar-refractivity contribution in [3.8, 4) is 11.4 Å². The molecule has 14 heavy (non-hydrogen) atoms. The summed E-state index contributed by atoms with van der Waals surface area (Å²) in [4.78, 5) is 4.46. The van der Waals surface area contributed by atoms with E-state index in [2.05, 4.69) is 11.6 Å². The minimum Gasteiger partial charge on any atom is -0.323 e. The lowest BCUT2D eigenvalue weighted by Gasteiger charge is -2.03. The van der Waals surface area contributed by atoms with E-state index in [-0.39, 0.29) is 0 Å². The molecule has 2 heteroatoms. The van der Waals surface area contributed by atoms with Crippen LogP contribution in [0.3, 0.4) is 0 Å². The first-order valence-corrected chi connectivity index (χ1v) is 4.54. The molecule has 0 bridgehead atoms. The molecule has 2 aromatic rings. The van der Waals surface area contributed by atoms with E-state index in [9.17, 15) is 0 Å². The van der Waals surface area contributed by atoms with Crippen molar-refractivity contribution in [1.29, 1.82) is 0 Å². The second-order valence-corrected chi connectivity index (χ2v) is 3.15. The average Bonchev–Trinajstić information content (AvgIpc) is 2.65. The molecular weight excluding hydrogens is 172 g/mol. The lowest BCUT2D eigenvalue weighted by molar-refractivity contribution is 1.13. The Bertz CT molecular complexity index is 455. The molecule has 0 aliphatic heterocycles. The van der Waals surface area contributed by atoms with E-state index in [1.54, 1.807) is 6.20 Å². The molecule has 0 radical (unpaired) electrons. The standard InChI is InChI=1S/C12H12N2/c1-3-14-9-5-8-12(14)11-7-4-6-10(2)13-11/h3-9H,1H2,2H3. The van der Waals surface area contributed by atoms with E-state index >= 15 is 0 Å². The van der Waals surface area contributed by atoms with E-state index in [1.807, 2.05) is 48.0 Å². The minimum atomic E-state index is 0.981. The molecule has 0 spiro atoms. The molecule has 70 valence electrons. The van der Waals surface area contributed by atoms with Gasteiger partial charge in [-0.05, 0) is 31.2 Å². The van der Waals surface area contributed by atoms with Crippen molar-refractivity contribution in [2.75, 3.05) is 0 Å². The van der Waals surface area contributed by atoms with Gasteiger partial charge >= 0.3 is 0 Å².